The number of ether oxygens (including phenoxy) is 1. The third-order valence-electron chi connectivity index (χ3n) is 4.48. The number of carbonyl (C=O) groups excluding carboxylic acids is 2. The molecule has 0 heterocycles. The summed E-state index contributed by atoms with van der Waals surface area (Å²) < 4.78 is 5.65. The fourth-order valence-corrected chi connectivity index (χ4v) is 3.41. The standard InChI is InChI=1S/C21H13ClO5/c22-14-10-11-18-16(12-14)19(23)15-8-4-5-9-17(15)21(18,27-25)26-20(24)13-6-2-1-3-7-13/h1-12,25H. The van der Waals surface area contributed by atoms with E-state index in [1.807, 2.05) is 0 Å². The Hall–Kier alpha value is -2.99. The van der Waals surface area contributed by atoms with Crippen molar-refractivity contribution in [3.63, 3.8) is 0 Å². The van der Waals surface area contributed by atoms with E-state index in [2.05, 4.69) is 0 Å². The first kappa shape index (κ1) is 17.4. The molecule has 6 heteroatoms. The summed E-state index contributed by atoms with van der Waals surface area (Å²) >= 11 is 6.04. The van der Waals surface area contributed by atoms with Gasteiger partial charge in [-0.25, -0.2) is 10.1 Å². The number of rotatable bonds is 3. The van der Waals surface area contributed by atoms with E-state index < -0.39 is 11.8 Å². The molecule has 5 nitrogen and oxygen atoms in total. The van der Waals surface area contributed by atoms with E-state index in [9.17, 15) is 14.8 Å². The fraction of sp³-hybridized carbons (Fsp3) is 0.0476. The molecular weight excluding hydrogens is 368 g/mol. The SMILES string of the molecule is O=C(OC1(OO)c2ccccc2C(=O)c2cc(Cl)ccc21)c1ccccc1. The molecule has 0 fully saturated rings. The highest BCUT2D eigenvalue weighted by molar-refractivity contribution is 6.31. The molecule has 0 bridgehead atoms. The molecule has 0 aliphatic heterocycles. The lowest BCUT2D eigenvalue weighted by atomic mass is 9.80. The van der Waals surface area contributed by atoms with Crippen LogP contribution >= 0.6 is 11.6 Å². The molecule has 0 saturated carbocycles. The van der Waals surface area contributed by atoms with E-state index in [0.717, 1.165) is 0 Å². The Morgan fingerprint density at radius 3 is 2.30 bits per heavy atom. The van der Waals surface area contributed by atoms with Gasteiger partial charge in [-0.15, -0.1) is 0 Å². The quantitative estimate of drug-likeness (QED) is 0.315. The number of esters is 1. The van der Waals surface area contributed by atoms with E-state index in [1.165, 1.54) is 18.2 Å². The molecule has 0 spiro atoms. The largest absolute Gasteiger partial charge is 0.418 e. The van der Waals surface area contributed by atoms with Crippen LogP contribution in [0.15, 0.2) is 72.8 Å². The molecule has 0 radical (unpaired) electrons. The van der Waals surface area contributed by atoms with Crippen molar-refractivity contribution in [2.45, 2.75) is 5.79 Å². The van der Waals surface area contributed by atoms with Crippen molar-refractivity contribution in [2.75, 3.05) is 0 Å². The summed E-state index contributed by atoms with van der Waals surface area (Å²) in [4.78, 5) is 30.4. The van der Waals surface area contributed by atoms with Crippen molar-refractivity contribution in [1.29, 1.82) is 0 Å². The van der Waals surface area contributed by atoms with Crippen molar-refractivity contribution < 1.29 is 24.5 Å². The van der Waals surface area contributed by atoms with Crippen molar-refractivity contribution in [3.05, 3.63) is 106 Å². The smallest absolute Gasteiger partial charge is 0.341 e. The molecule has 0 amide bonds. The van der Waals surface area contributed by atoms with Gasteiger partial charge in [-0.2, -0.15) is 4.89 Å². The second-order valence-electron chi connectivity index (χ2n) is 6.03. The fourth-order valence-electron chi connectivity index (χ4n) is 3.24. The van der Waals surface area contributed by atoms with Gasteiger partial charge in [-0.3, -0.25) is 4.79 Å². The molecule has 1 aliphatic rings. The number of carbonyl (C=O) groups is 2. The van der Waals surface area contributed by atoms with Gasteiger partial charge in [0.15, 0.2) is 5.78 Å². The Balaban J connectivity index is 1.93. The van der Waals surface area contributed by atoms with Crippen LogP contribution in [0.2, 0.25) is 5.02 Å². The van der Waals surface area contributed by atoms with Crippen LogP contribution in [-0.4, -0.2) is 17.0 Å². The van der Waals surface area contributed by atoms with Crippen molar-refractivity contribution >= 4 is 23.4 Å². The lowest BCUT2D eigenvalue weighted by Crippen LogP contribution is -2.41. The van der Waals surface area contributed by atoms with Gasteiger partial charge in [-0.1, -0.05) is 54.1 Å². The first-order valence-electron chi connectivity index (χ1n) is 8.12. The van der Waals surface area contributed by atoms with Gasteiger partial charge in [0.25, 0.3) is 5.79 Å². The molecule has 4 rings (SSSR count). The van der Waals surface area contributed by atoms with E-state index in [0.29, 0.717) is 5.02 Å². The summed E-state index contributed by atoms with van der Waals surface area (Å²) in [7, 11) is 0. The topological polar surface area (TPSA) is 72.8 Å². The molecule has 134 valence electrons. The Morgan fingerprint density at radius 1 is 0.889 bits per heavy atom. The molecule has 1 unspecified atom stereocenters. The molecule has 1 aliphatic carbocycles. The van der Waals surface area contributed by atoms with Crippen LogP contribution in [0.4, 0.5) is 0 Å². The molecule has 3 aromatic carbocycles. The zero-order valence-corrected chi connectivity index (χ0v) is 14.6. The molecular formula is C21H13ClO5. The highest BCUT2D eigenvalue weighted by atomic mass is 35.5. The van der Waals surface area contributed by atoms with Crippen LogP contribution in [0.25, 0.3) is 0 Å². The second-order valence-corrected chi connectivity index (χ2v) is 6.46. The van der Waals surface area contributed by atoms with Crippen LogP contribution in [-0.2, 0) is 15.4 Å². The predicted molar refractivity (Wildman–Crippen MR) is 97.7 cm³/mol. The minimum Gasteiger partial charge on any atom is -0.418 e. The third-order valence-corrected chi connectivity index (χ3v) is 4.72. The summed E-state index contributed by atoms with van der Waals surface area (Å²) in [5.74, 6) is -3.00. The number of hydrogen-bond acceptors (Lipinski definition) is 5. The maximum Gasteiger partial charge on any atom is 0.341 e. The Morgan fingerprint density at radius 2 is 1.56 bits per heavy atom. The summed E-state index contributed by atoms with van der Waals surface area (Å²) in [5.41, 5.74) is 1.15. The predicted octanol–water partition coefficient (Wildman–Crippen LogP) is 4.43. The van der Waals surface area contributed by atoms with Crippen LogP contribution in [0.5, 0.6) is 0 Å². The van der Waals surface area contributed by atoms with Crippen LogP contribution < -0.4 is 0 Å². The van der Waals surface area contributed by atoms with Gasteiger partial charge in [0.05, 0.1) is 5.56 Å². The van der Waals surface area contributed by atoms with Crippen LogP contribution in [0, 0.1) is 0 Å². The van der Waals surface area contributed by atoms with E-state index >= 15 is 0 Å². The molecule has 27 heavy (non-hydrogen) atoms. The van der Waals surface area contributed by atoms with E-state index in [4.69, 9.17) is 21.2 Å². The normalized spacial score (nSPS) is 17.8. The zero-order chi connectivity index (χ0) is 19.0. The monoisotopic (exact) mass is 380 g/mol. The number of hydrogen-bond donors (Lipinski definition) is 1. The summed E-state index contributed by atoms with van der Waals surface area (Å²) in [6.45, 7) is 0. The Kier molecular flexibility index (Phi) is 4.28. The summed E-state index contributed by atoms with van der Waals surface area (Å²) in [6.07, 6.45) is 0. The summed E-state index contributed by atoms with van der Waals surface area (Å²) in [6, 6.07) is 19.3. The lowest BCUT2D eigenvalue weighted by molar-refractivity contribution is -0.380. The second kappa shape index (κ2) is 6.63. The van der Waals surface area contributed by atoms with Crippen molar-refractivity contribution in [3.8, 4) is 0 Å². The Labute approximate surface area is 159 Å². The van der Waals surface area contributed by atoms with Gasteiger partial charge in [-0.05, 0) is 30.3 Å². The van der Waals surface area contributed by atoms with Gasteiger partial charge in [0.1, 0.15) is 0 Å². The lowest BCUT2D eigenvalue weighted by Gasteiger charge is -2.36. The van der Waals surface area contributed by atoms with E-state index in [-0.39, 0.29) is 33.6 Å². The van der Waals surface area contributed by atoms with Gasteiger partial charge in [0.2, 0.25) is 0 Å². The molecule has 3 aromatic rings. The molecule has 1 N–H and O–H groups in total. The van der Waals surface area contributed by atoms with Crippen molar-refractivity contribution in [1.82, 2.24) is 0 Å². The first-order valence-corrected chi connectivity index (χ1v) is 8.50. The van der Waals surface area contributed by atoms with Gasteiger partial charge < -0.3 is 4.74 Å². The number of halogens is 1. The van der Waals surface area contributed by atoms with Crippen LogP contribution in [0.3, 0.4) is 0 Å². The third kappa shape index (κ3) is 2.73. The maximum absolute atomic E-state index is 12.9. The zero-order valence-electron chi connectivity index (χ0n) is 13.9. The van der Waals surface area contributed by atoms with Gasteiger partial charge >= 0.3 is 5.97 Å². The minimum atomic E-state index is -1.99. The average Bonchev–Trinajstić information content (AvgIpc) is 2.71. The maximum atomic E-state index is 12.9. The molecule has 0 saturated heterocycles. The van der Waals surface area contributed by atoms with Gasteiger partial charge in [0, 0.05) is 27.3 Å². The van der Waals surface area contributed by atoms with Crippen LogP contribution in [0.1, 0.15) is 37.4 Å². The molecule has 0 aromatic heterocycles. The number of benzene rings is 3. The minimum absolute atomic E-state index is 0.191. The van der Waals surface area contributed by atoms with Crippen molar-refractivity contribution in [2.24, 2.45) is 0 Å². The number of fused-ring (bicyclic) bond motifs is 2. The van der Waals surface area contributed by atoms with E-state index in [1.54, 1.807) is 54.6 Å². The highest BCUT2D eigenvalue weighted by Crippen LogP contribution is 2.44. The molecule has 1 atom stereocenters. The number of ketones is 1. The Bertz CT molecular complexity index is 1050. The first-order chi connectivity index (χ1) is 13.1. The highest BCUT2D eigenvalue weighted by Gasteiger charge is 2.49. The average molecular weight is 381 g/mol. The summed E-state index contributed by atoms with van der Waals surface area (Å²) in [5, 5.41) is 10.2.